The number of hydrogen-bond donors (Lipinski definition) is 2. The molecular weight excluding hydrogens is 510 g/mol. The van der Waals surface area contributed by atoms with Crippen molar-refractivity contribution in [3.05, 3.63) is 59.3 Å². The quantitative estimate of drug-likeness (QED) is 0.440. The van der Waals surface area contributed by atoms with Gasteiger partial charge in [-0.15, -0.1) is 5.10 Å². The van der Waals surface area contributed by atoms with Gasteiger partial charge < -0.3 is 29.5 Å². The van der Waals surface area contributed by atoms with Crippen LogP contribution in [0.5, 0.6) is 5.75 Å². The van der Waals surface area contributed by atoms with Gasteiger partial charge in [-0.05, 0) is 59.6 Å². The summed E-state index contributed by atoms with van der Waals surface area (Å²) in [5, 5.41) is 18.6. The minimum atomic E-state index is -1.20. The van der Waals surface area contributed by atoms with Crippen LogP contribution in [-0.2, 0) is 20.8 Å². The number of benzene rings is 1. The third-order valence-corrected chi connectivity index (χ3v) is 7.34. The van der Waals surface area contributed by atoms with Crippen molar-refractivity contribution in [1.29, 1.82) is 0 Å². The van der Waals surface area contributed by atoms with Gasteiger partial charge in [-0.1, -0.05) is 24.3 Å². The fourth-order valence-electron chi connectivity index (χ4n) is 5.23. The second-order valence-electron chi connectivity index (χ2n) is 11.7. The summed E-state index contributed by atoms with van der Waals surface area (Å²) < 4.78 is 20.2. The van der Waals surface area contributed by atoms with Crippen LogP contribution in [0.3, 0.4) is 0 Å². The van der Waals surface area contributed by atoms with Crippen LogP contribution in [0.4, 0.5) is 11.6 Å². The van der Waals surface area contributed by atoms with E-state index in [2.05, 4.69) is 17.1 Å². The van der Waals surface area contributed by atoms with Crippen molar-refractivity contribution in [2.75, 3.05) is 36.5 Å². The number of rotatable bonds is 3. The second-order valence-corrected chi connectivity index (χ2v) is 11.7. The number of nitrogens with one attached hydrogen (secondary N) is 1. The molecule has 0 saturated carbocycles. The van der Waals surface area contributed by atoms with Crippen molar-refractivity contribution in [2.45, 2.75) is 71.3 Å². The van der Waals surface area contributed by atoms with Crippen LogP contribution >= 0.6 is 0 Å². The van der Waals surface area contributed by atoms with Gasteiger partial charge in [-0.2, -0.15) is 4.52 Å². The molecule has 214 valence electrons. The standard InChI is InChI=1S/C30H39N5O5/c1-20-25(26(28(36)37)40-29(2,3)4)27-34-14-12-30(5,13-15-34)39-17-9-8-16-38-22-11-7-6-10-21(22)19-31-23-18-24(32-20)35(27)33-23/h6-11,18,26H,12-17,19H2,1-5H3,(H,31,33)(H,36,37)/b9-8+/t26-/m0/s1. The van der Waals surface area contributed by atoms with Gasteiger partial charge in [-0.25, -0.2) is 9.78 Å². The van der Waals surface area contributed by atoms with Gasteiger partial charge in [-0.3, -0.25) is 0 Å². The number of aliphatic carboxylic acids is 1. The van der Waals surface area contributed by atoms with Crippen LogP contribution in [0, 0.1) is 6.92 Å². The van der Waals surface area contributed by atoms with E-state index in [-0.39, 0.29) is 5.60 Å². The Kier molecular flexibility index (Phi) is 7.74. The third kappa shape index (κ3) is 6.08. The van der Waals surface area contributed by atoms with Gasteiger partial charge in [0, 0.05) is 37.0 Å². The largest absolute Gasteiger partial charge is 0.489 e. The Morgan fingerprint density at radius 3 is 2.62 bits per heavy atom. The van der Waals surface area contributed by atoms with E-state index < -0.39 is 17.7 Å². The lowest BCUT2D eigenvalue weighted by molar-refractivity contribution is -0.160. The Morgan fingerprint density at radius 2 is 1.90 bits per heavy atom. The number of carboxylic acid groups (broad SMARTS) is 1. The smallest absolute Gasteiger partial charge is 0.337 e. The highest BCUT2D eigenvalue weighted by atomic mass is 16.5. The van der Waals surface area contributed by atoms with E-state index in [0.29, 0.717) is 61.4 Å². The topological polar surface area (TPSA) is 110 Å². The molecule has 6 rings (SSSR count). The average Bonchev–Trinajstić information content (AvgIpc) is 3.30. The van der Waals surface area contributed by atoms with Gasteiger partial charge in [0.05, 0.1) is 23.4 Å². The first-order valence-corrected chi connectivity index (χ1v) is 13.8. The molecule has 40 heavy (non-hydrogen) atoms. The van der Waals surface area contributed by atoms with E-state index in [1.807, 2.05) is 70.2 Å². The molecule has 10 nitrogen and oxygen atoms in total. The zero-order chi connectivity index (χ0) is 28.5. The SMILES string of the molecule is Cc1nc2cc3nn2c(c1[C@H](OC(C)(C)C)C(=O)O)N1CCC(C)(CC1)OC/C=C/COc1ccccc1CN3. The maximum Gasteiger partial charge on any atom is 0.337 e. The zero-order valence-electron chi connectivity index (χ0n) is 23.9. The predicted molar refractivity (Wildman–Crippen MR) is 153 cm³/mol. The van der Waals surface area contributed by atoms with Gasteiger partial charge in [0.2, 0.25) is 0 Å². The summed E-state index contributed by atoms with van der Waals surface area (Å²) in [5.41, 5.74) is 1.77. The first-order valence-electron chi connectivity index (χ1n) is 13.8. The second kappa shape index (κ2) is 11.1. The lowest BCUT2D eigenvalue weighted by atomic mass is 9.92. The minimum Gasteiger partial charge on any atom is -0.489 e. The number of carboxylic acids is 1. The fourth-order valence-corrected chi connectivity index (χ4v) is 5.23. The average molecular weight is 550 g/mol. The summed E-state index contributed by atoms with van der Waals surface area (Å²) in [6.45, 7) is 12.3. The molecule has 2 aromatic heterocycles. The molecule has 0 aliphatic carbocycles. The maximum atomic E-state index is 12.6. The van der Waals surface area contributed by atoms with E-state index >= 15 is 0 Å². The summed E-state index contributed by atoms with van der Waals surface area (Å²) in [6, 6.07) is 9.78. The first kappa shape index (κ1) is 27.9. The Balaban J connectivity index is 1.62. The molecule has 3 aliphatic rings. The molecule has 3 aliphatic heterocycles. The summed E-state index contributed by atoms with van der Waals surface area (Å²) in [6.07, 6.45) is 4.33. The van der Waals surface area contributed by atoms with Gasteiger partial charge in [0.25, 0.3) is 0 Å². The summed E-state index contributed by atoms with van der Waals surface area (Å²) in [4.78, 5) is 19.6. The van der Waals surface area contributed by atoms with Crippen molar-refractivity contribution in [3.63, 3.8) is 0 Å². The normalized spacial score (nSPS) is 19.3. The molecule has 3 aromatic rings. The van der Waals surface area contributed by atoms with Gasteiger partial charge in [0.15, 0.2) is 17.6 Å². The number of nitrogens with zero attached hydrogens (tertiary/aromatic N) is 4. The maximum absolute atomic E-state index is 12.6. The van der Waals surface area contributed by atoms with Crippen molar-refractivity contribution < 1.29 is 24.1 Å². The fraction of sp³-hybridized carbons (Fsp3) is 0.500. The molecule has 10 heteroatoms. The molecular formula is C30H39N5O5. The summed E-state index contributed by atoms with van der Waals surface area (Å²) in [7, 11) is 0. The lowest BCUT2D eigenvalue weighted by Crippen LogP contribution is -2.45. The number of piperidine rings is 1. The number of para-hydroxylation sites is 1. The Morgan fingerprint density at radius 1 is 1.18 bits per heavy atom. The van der Waals surface area contributed by atoms with Crippen molar-refractivity contribution in [2.24, 2.45) is 0 Å². The van der Waals surface area contributed by atoms with Crippen LogP contribution < -0.4 is 15.0 Å². The predicted octanol–water partition coefficient (Wildman–Crippen LogP) is 4.91. The molecule has 5 heterocycles. The van der Waals surface area contributed by atoms with Gasteiger partial charge in [0.1, 0.15) is 18.2 Å². The monoisotopic (exact) mass is 549 g/mol. The zero-order valence-corrected chi connectivity index (χ0v) is 23.9. The van der Waals surface area contributed by atoms with Crippen LogP contribution in [0.2, 0.25) is 0 Å². The number of anilines is 2. The number of aryl methyl sites for hydroxylation is 1. The van der Waals surface area contributed by atoms with Crippen LogP contribution in [0.1, 0.15) is 63.5 Å². The molecule has 1 aromatic carbocycles. The van der Waals surface area contributed by atoms with E-state index in [9.17, 15) is 9.90 Å². The number of ether oxygens (including phenoxy) is 3. The van der Waals surface area contributed by atoms with E-state index in [0.717, 1.165) is 24.2 Å². The highest BCUT2D eigenvalue weighted by Crippen LogP contribution is 2.38. The molecule has 0 spiro atoms. The van der Waals surface area contributed by atoms with Crippen molar-refractivity contribution >= 4 is 23.3 Å². The van der Waals surface area contributed by atoms with E-state index in [1.165, 1.54) is 0 Å². The minimum absolute atomic E-state index is 0.300. The Hall–Kier alpha value is -3.63. The molecule has 1 saturated heterocycles. The molecule has 0 unspecified atom stereocenters. The molecule has 2 N–H and O–H groups in total. The molecule has 0 amide bonds. The molecule has 0 radical (unpaired) electrons. The van der Waals surface area contributed by atoms with Crippen molar-refractivity contribution in [3.8, 4) is 5.75 Å². The van der Waals surface area contributed by atoms with Crippen LogP contribution in [0.15, 0.2) is 42.5 Å². The number of hydrogen-bond acceptors (Lipinski definition) is 8. The molecule has 4 bridgehead atoms. The first-order chi connectivity index (χ1) is 19.0. The molecule has 1 fully saturated rings. The summed E-state index contributed by atoms with van der Waals surface area (Å²) in [5.74, 6) is 1.06. The summed E-state index contributed by atoms with van der Waals surface area (Å²) >= 11 is 0. The number of aromatic nitrogens is 3. The Labute approximate surface area is 234 Å². The molecule has 1 atom stereocenters. The third-order valence-electron chi connectivity index (χ3n) is 7.34. The van der Waals surface area contributed by atoms with Crippen LogP contribution in [0.25, 0.3) is 5.65 Å². The van der Waals surface area contributed by atoms with Crippen LogP contribution in [-0.4, -0.2) is 63.2 Å². The van der Waals surface area contributed by atoms with E-state index in [4.69, 9.17) is 24.3 Å². The van der Waals surface area contributed by atoms with E-state index in [1.54, 1.807) is 4.52 Å². The highest BCUT2D eigenvalue weighted by molar-refractivity contribution is 5.78. The number of fused-ring (bicyclic) bond motifs is 7. The number of carbonyl (C=O) groups is 1. The van der Waals surface area contributed by atoms with Gasteiger partial charge >= 0.3 is 5.97 Å². The van der Waals surface area contributed by atoms with Crippen molar-refractivity contribution in [1.82, 2.24) is 14.6 Å². The Bertz CT molecular complexity index is 1400. The lowest BCUT2D eigenvalue weighted by Gasteiger charge is -2.41. The highest BCUT2D eigenvalue weighted by Gasteiger charge is 2.37.